The Bertz CT molecular complexity index is 783. The minimum Gasteiger partial charge on any atom is -0.477 e. The summed E-state index contributed by atoms with van der Waals surface area (Å²) >= 11 is 0. The molecule has 1 aromatic heterocycles. The third-order valence-electron chi connectivity index (χ3n) is 2.86. The van der Waals surface area contributed by atoms with E-state index in [-0.39, 0.29) is 17.1 Å². The number of hydrogen-bond acceptors (Lipinski definition) is 3. The topological polar surface area (TPSA) is 88.4 Å². The van der Waals surface area contributed by atoms with Crippen LogP contribution in [0.15, 0.2) is 41.4 Å². The molecule has 0 bridgehead atoms. The predicted octanol–water partition coefficient (Wildman–Crippen LogP) is 1.34. The van der Waals surface area contributed by atoms with Crippen molar-refractivity contribution in [3.8, 4) is 0 Å². The van der Waals surface area contributed by atoms with Crippen LogP contribution in [0.25, 0.3) is 0 Å². The number of nitrogens with one attached hydrogen (secondary N) is 1. The van der Waals surface area contributed by atoms with E-state index in [0.717, 1.165) is 6.07 Å². The van der Waals surface area contributed by atoms with Gasteiger partial charge in [-0.05, 0) is 23.8 Å². The number of rotatable bonds is 5. The Labute approximate surface area is 120 Å². The van der Waals surface area contributed by atoms with Gasteiger partial charge in [0.25, 0.3) is 0 Å². The van der Waals surface area contributed by atoms with Crippen molar-refractivity contribution in [1.29, 1.82) is 0 Å². The predicted molar refractivity (Wildman–Crippen MR) is 72.8 cm³/mol. The van der Waals surface area contributed by atoms with Gasteiger partial charge in [0.2, 0.25) is 10.0 Å². The van der Waals surface area contributed by atoms with Gasteiger partial charge in [-0.1, -0.05) is 12.1 Å². The van der Waals surface area contributed by atoms with Gasteiger partial charge in [0, 0.05) is 19.8 Å². The van der Waals surface area contributed by atoms with Crippen LogP contribution in [0, 0.1) is 5.82 Å². The Morgan fingerprint density at radius 3 is 2.67 bits per heavy atom. The van der Waals surface area contributed by atoms with Gasteiger partial charge in [-0.2, -0.15) is 0 Å². The molecule has 0 saturated carbocycles. The summed E-state index contributed by atoms with van der Waals surface area (Å²) in [5.41, 5.74) is 0.328. The molecule has 8 heteroatoms. The zero-order chi connectivity index (χ0) is 15.6. The highest BCUT2D eigenvalue weighted by Crippen LogP contribution is 2.14. The summed E-state index contributed by atoms with van der Waals surface area (Å²) in [5, 5.41) is 8.91. The number of carbonyl (C=O) groups is 1. The summed E-state index contributed by atoms with van der Waals surface area (Å²) < 4.78 is 40.6. The third kappa shape index (κ3) is 3.47. The summed E-state index contributed by atoms with van der Waals surface area (Å²) in [4.78, 5) is 10.7. The minimum absolute atomic E-state index is 0.0859. The number of benzene rings is 1. The Kier molecular flexibility index (Phi) is 4.10. The smallest absolute Gasteiger partial charge is 0.352 e. The Hall–Kier alpha value is -2.19. The molecule has 0 saturated heterocycles. The highest BCUT2D eigenvalue weighted by Gasteiger charge is 2.19. The number of aromatic nitrogens is 1. The molecule has 1 heterocycles. The maximum absolute atomic E-state index is 13.0. The molecule has 0 unspecified atom stereocenters. The molecular formula is C13H13FN2O4S. The van der Waals surface area contributed by atoms with Gasteiger partial charge in [-0.15, -0.1) is 0 Å². The lowest BCUT2D eigenvalue weighted by Gasteiger charge is -2.05. The molecule has 0 aliphatic carbocycles. The molecule has 21 heavy (non-hydrogen) atoms. The van der Waals surface area contributed by atoms with Crippen molar-refractivity contribution in [2.24, 2.45) is 7.05 Å². The van der Waals surface area contributed by atoms with E-state index in [0.29, 0.717) is 5.56 Å². The van der Waals surface area contributed by atoms with Crippen molar-refractivity contribution in [1.82, 2.24) is 9.29 Å². The van der Waals surface area contributed by atoms with Crippen molar-refractivity contribution in [3.05, 3.63) is 53.6 Å². The zero-order valence-electron chi connectivity index (χ0n) is 11.1. The lowest BCUT2D eigenvalue weighted by atomic mass is 10.2. The first-order chi connectivity index (χ1) is 9.79. The van der Waals surface area contributed by atoms with Crippen LogP contribution in [0.2, 0.25) is 0 Å². The highest BCUT2D eigenvalue weighted by molar-refractivity contribution is 7.89. The van der Waals surface area contributed by atoms with Gasteiger partial charge in [0.15, 0.2) is 0 Å². The van der Waals surface area contributed by atoms with Crippen LogP contribution in [0.5, 0.6) is 0 Å². The van der Waals surface area contributed by atoms with Crippen LogP contribution in [-0.2, 0) is 23.6 Å². The summed E-state index contributed by atoms with van der Waals surface area (Å²) in [7, 11) is -2.42. The second-order valence-corrected chi connectivity index (χ2v) is 6.20. The Balaban J connectivity index is 2.19. The quantitative estimate of drug-likeness (QED) is 0.872. The second kappa shape index (κ2) is 5.66. The summed E-state index contributed by atoms with van der Waals surface area (Å²) in [6, 6.07) is 6.60. The molecule has 0 radical (unpaired) electrons. The fourth-order valence-electron chi connectivity index (χ4n) is 1.80. The molecule has 6 nitrogen and oxygen atoms in total. The van der Waals surface area contributed by atoms with E-state index in [1.807, 2.05) is 0 Å². The molecule has 2 N–H and O–H groups in total. The van der Waals surface area contributed by atoms with E-state index in [1.165, 1.54) is 36.0 Å². The van der Waals surface area contributed by atoms with Crippen molar-refractivity contribution < 1.29 is 22.7 Å². The van der Waals surface area contributed by atoms with Crippen LogP contribution in [0.3, 0.4) is 0 Å². The number of nitrogens with zero attached hydrogens (tertiary/aromatic N) is 1. The van der Waals surface area contributed by atoms with Gasteiger partial charge in [-0.25, -0.2) is 22.3 Å². The maximum Gasteiger partial charge on any atom is 0.352 e. The standard InChI is InChI=1S/C13H13FN2O4S/c1-16-8-11(6-12(16)13(17)18)21(19,20)15-7-9-3-2-4-10(14)5-9/h2-6,8,15H,7H2,1H3,(H,17,18). The number of halogens is 1. The normalized spacial score (nSPS) is 11.5. The molecule has 0 atom stereocenters. The maximum atomic E-state index is 13.0. The molecular weight excluding hydrogens is 299 g/mol. The lowest BCUT2D eigenvalue weighted by Crippen LogP contribution is -2.22. The highest BCUT2D eigenvalue weighted by atomic mass is 32.2. The van der Waals surface area contributed by atoms with E-state index >= 15 is 0 Å². The lowest BCUT2D eigenvalue weighted by molar-refractivity contribution is 0.0686. The number of carboxylic acid groups (broad SMARTS) is 1. The van der Waals surface area contributed by atoms with Gasteiger partial charge < -0.3 is 9.67 Å². The van der Waals surface area contributed by atoms with E-state index < -0.39 is 21.8 Å². The number of sulfonamides is 1. The molecule has 0 aliphatic heterocycles. The SMILES string of the molecule is Cn1cc(S(=O)(=O)NCc2cccc(F)c2)cc1C(=O)O. The number of aromatic carboxylic acids is 1. The molecule has 1 aromatic carbocycles. The van der Waals surface area contributed by atoms with Crippen LogP contribution >= 0.6 is 0 Å². The minimum atomic E-state index is -3.86. The number of hydrogen-bond donors (Lipinski definition) is 2. The van der Waals surface area contributed by atoms with Crippen LogP contribution in [0.4, 0.5) is 4.39 Å². The Morgan fingerprint density at radius 2 is 2.10 bits per heavy atom. The average Bonchev–Trinajstić information content (AvgIpc) is 2.80. The fourth-order valence-corrected chi connectivity index (χ4v) is 2.89. The van der Waals surface area contributed by atoms with E-state index in [2.05, 4.69) is 4.72 Å². The first-order valence-corrected chi connectivity index (χ1v) is 7.41. The second-order valence-electron chi connectivity index (χ2n) is 4.43. The molecule has 0 spiro atoms. The average molecular weight is 312 g/mol. The Morgan fingerprint density at radius 1 is 1.38 bits per heavy atom. The van der Waals surface area contributed by atoms with Crippen LogP contribution < -0.4 is 4.72 Å². The number of carboxylic acids is 1. The monoisotopic (exact) mass is 312 g/mol. The van der Waals surface area contributed by atoms with Crippen LogP contribution in [-0.4, -0.2) is 24.1 Å². The van der Waals surface area contributed by atoms with Gasteiger partial charge in [0.1, 0.15) is 16.4 Å². The molecule has 0 fully saturated rings. The molecule has 2 aromatic rings. The van der Waals surface area contributed by atoms with Gasteiger partial charge >= 0.3 is 5.97 Å². The van der Waals surface area contributed by atoms with Crippen molar-refractivity contribution >= 4 is 16.0 Å². The number of aryl methyl sites for hydroxylation is 1. The fraction of sp³-hybridized carbons (Fsp3) is 0.154. The summed E-state index contributed by atoms with van der Waals surface area (Å²) in [5.74, 6) is -1.68. The van der Waals surface area contributed by atoms with E-state index in [4.69, 9.17) is 5.11 Å². The molecule has 0 amide bonds. The first kappa shape index (κ1) is 15.2. The molecule has 112 valence electrons. The largest absolute Gasteiger partial charge is 0.477 e. The summed E-state index contributed by atoms with van der Waals surface area (Å²) in [6.07, 6.45) is 1.21. The first-order valence-electron chi connectivity index (χ1n) is 5.93. The van der Waals surface area contributed by atoms with Crippen molar-refractivity contribution in [2.45, 2.75) is 11.4 Å². The van der Waals surface area contributed by atoms with E-state index in [9.17, 15) is 17.6 Å². The van der Waals surface area contributed by atoms with Crippen molar-refractivity contribution in [2.75, 3.05) is 0 Å². The third-order valence-corrected chi connectivity index (χ3v) is 4.23. The molecule has 0 aliphatic rings. The van der Waals surface area contributed by atoms with E-state index in [1.54, 1.807) is 6.07 Å². The summed E-state index contributed by atoms with van der Waals surface area (Å²) in [6.45, 7) is -0.0859. The van der Waals surface area contributed by atoms with Crippen LogP contribution in [0.1, 0.15) is 16.1 Å². The van der Waals surface area contributed by atoms with Crippen molar-refractivity contribution in [3.63, 3.8) is 0 Å². The zero-order valence-corrected chi connectivity index (χ0v) is 11.9. The molecule has 2 rings (SSSR count). The van der Waals surface area contributed by atoms with Gasteiger partial charge in [-0.3, -0.25) is 0 Å². The van der Waals surface area contributed by atoms with Gasteiger partial charge in [0.05, 0.1) is 0 Å².